The number of carbonyl (C=O) groups excluding carboxylic acids is 1. The number of furan rings is 1. The first-order valence-corrected chi connectivity index (χ1v) is 9.73. The van der Waals surface area contributed by atoms with E-state index in [9.17, 15) is 4.79 Å². The van der Waals surface area contributed by atoms with Crippen molar-refractivity contribution in [3.05, 3.63) is 59.1 Å². The lowest BCUT2D eigenvalue weighted by molar-refractivity contribution is -0.133. The van der Waals surface area contributed by atoms with Crippen LogP contribution in [-0.4, -0.2) is 26.8 Å². The number of rotatable bonds is 6. The van der Waals surface area contributed by atoms with E-state index in [4.69, 9.17) is 4.42 Å². The fourth-order valence-corrected chi connectivity index (χ4v) is 3.93. The maximum Gasteiger partial charge on any atom is 0.229 e. The maximum absolute atomic E-state index is 13.0. The van der Waals surface area contributed by atoms with E-state index in [0.29, 0.717) is 12.5 Å². The average molecular weight is 367 g/mol. The number of amides is 1. The lowest BCUT2D eigenvalue weighted by Gasteiger charge is -2.29. The Labute approximate surface area is 156 Å². The summed E-state index contributed by atoms with van der Waals surface area (Å²) in [6.45, 7) is 3.96. The third-order valence-corrected chi connectivity index (χ3v) is 5.50. The third kappa shape index (κ3) is 3.55. The normalized spacial score (nSPS) is 15.0. The monoisotopic (exact) mass is 367 g/mol. The van der Waals surface area contributed by atoms with E-state index < -0.39 is 0 Å². The van der Waals surface area contributed by atoms with Crippen LogP contribution >= 0.6 is 11.3 Å². The maximum atomic E-state index is 13.0. The van der Waals surface area contributed by atoms with Crippen LogP contribution in [0.25, 0.3) is 10.8 Å². The Balaban J connectivity index is 1.50. The van der Waals surface area contributed by atoms with Crippen molar-refractivity contribution in [3.8, 4) is 10.8 Å². The van der Waals surface area contributed by atoms with Gasteiger partial charge in [0.25, 0.3) is 0 Å². The van der Waals surface area contributed by atoms with Gasteiger partial charge < -0.3 is 9.32 Å². The smallest absolute Gasteiger partial charge is 0.229 e. The van der Waals surface area contributed by atoms with Crippen LogP contribution in [0.5, 0.6) is 0 Å². The summed E-state index contributed by atoms with van der Waals surface area (Å²) in [5, 5.41) is 2.76. The molecule has 1 saturated carbocycles. The predicted molar refractivity (Wildman–Crippen MR) is 101 cm³/mol. The Kier molecular flexibility index (Phi) is 4.59. The van der Waals surface area contributed by atoms with Crippen molar-refractivity contribution in [2.24, 2.45) is 0 Å². The number of carbonyl (C=O) groups is 1. The van der Waals surface area contributed by atoms with E-state index in [0.717, 1.165) is 40.8 Å². The molecule has 1 amide bonds. The highest BCUT2D eigenvalue weighted by Gasteiger charge is 2.36. The fourth-order valence-electron chi connectivity index (χ4n) is 3.15. The molecule has 6 heteroatoms. The highest BCUT2D eigenvalue weighted by Crippen LogP contribution is 2.34. The molecule has 0 saturated heterocycles. The SMILES string of the molecule is Cc1ccc(-c2nc(CC(=O)N(C3CC3)C(C)c3ccccn3)cs2)o1. The summed E-state index contributed by atoms with van der Waals surface area (Å²) in [5.41, 5.74) is 1.72. The van der Waals surface area contributed by atoms with Crippen LogP contribution in [0.3, 0.4) is 0 Å². The van der Waals surface area contributed by atoms with Crippen LogP contribution in [0.15, 0.2) is 46.3 Å². The number of aryl methyl sites for hydroxylation is 1. The number of aromatic nitrogens is 2. The van der Waals surface area contributed by atoms with Crippen molar-refractivity contribution >= 4 is 17.2 Å². The number of hydrogen-bond acceptors (Lipinski definition) is 5. The number of pyridine rings is 1. The largest absolute Gasteiger partial charge is 0.459 e. The Hall–Kier alpha value is -2.47. The van der Waals surface area contributed by atoms with Gasteiger partial charge in [0.1, 0.15) is 5.76 Å². The Bertz CT molecular complexity index is 899. The molecule has 0 aliphatic heterocycles. The first kappa shape index (κ1) is 17.0. The minimum atomic E-state index is -0.0259. The van der Waals surface area contributed by atoms with Crippen LogP contribution in [0.4, 0.5) is 0 Å². The van der Waals surface area contributed by atoms with Crippen molar-refractivity contribution in [1.82, 2.24) is 14.9 Å². The van der Waals surface area contributed by atoms with Crippen molar-refractivity contribution in [2.75, 3.05) is 0 Å². The van der Waals surface area contributed by atoms with Gasteiger partial charge in [-0.2, -0.15) is 0 Å². The number of nitrogens with zero attached hydrogens (tertiary/aromatic N) is 3. The average Bonchev–Trinajstić information content (AvgIpc) is 3.19. The molecule has 1 atom stereocenters. The first-order chi connectivity index (χ1) is 12.6. The Morgan fingerprint density at radius 1 is 1.35 bits per heavy atom. The molecular weight excluding hydrogens is 346 g/mol. The molecule has 3 aromatic rings. The van der Waals surface area contributed by atoms with Crippen molar-refractivity contribution in [3.63, 3.8) is 0 Å². The second-order valence-corrected chi connectivity index (χ2v) is 7.55. The number of hydrogen-bond donors (Lipinski definition) is 0. The van der Waals surface area contributed by atoms with Gasteiger partial charge in [-0.25, -0.2) is 4.98 Å². The van der Waals surface area contributed by atoms with Crippen LogP contribution < -0.4 is 0 Å². The van der Waals surface area contributed by atoms with Gasteiger partial charge >= 0.3 is 0 Å². The van der Waals surface area contributed by atoms with E-state index in [1.54, 1.807) is 6.20 Å². The second-order valence-electron chi connectivity index (χ2n) is 6.69. The lowest BCUT2D eigenvalue weighted by atomic mass is 10.1. The van der Waals surface area contributed by atoms with Crippen LogP contribution in [-0.2, 0) is 11.2 Å². The molecule has 1 unspecified atom stereocenters. The zero-order valence-corrected chi connectivity index (χ0v) is 15.7. The quantitative estimate of drug-likeness (QED) is 0.648. The predicted octanol–water partition coefficient (Wildman–Crippen LogP) is 4.40. The van der Waals surface area contributed by atoms with Gasteiger partial charge in [0, 0.05) is 17.6 Å². The molecule has 5 nitrogen and oxygen atoms in total. The Morgan fingerprint density at radius 2 is 2.19 bits per heavy atom. The van der Waals surface area contributed by atoms with Crippen LogP contribution in [0.2, 0.25) is 0 Å². The van der Waals surface area contributed by atoms with Gasteiger partial charge in [-0.1, -0.05) is 6.07 Å². The van der Waals surface area contributed by atoms with Gasteiger partial charge in [-0.15, -0.1) is 11.3 Å². The Morgan fingerprint density at radius 3 is 2.85 bits per heavy atom. The molecule has 0 bridgehead atoms. The van der Waals surface area contributed by atoms with E-state index in [1.807, 2.05) is 47.5 Å². The van der Waals surface area contributed by atoms with Crippen LogP contribution in [0, 0.1) is 6.92 Å². The minimum absolute atomic E-state index is 0.0259. The van der Waals surface area contributed by atoms with E-state index >= 15 is 0 Å². The minimum Gasteiger partial charge on any atom is -0.459 e. The number of thiazole rings is 1. The molecule has 134 valence electrons. The molecular formula is C20H21N3O2S. The van der Waals surface area contributed by atoms with E-state index in [1.165, 1.54) is 11.3 Å². The lowest BCUT2D eigenvalue weighted by Crippen LogP contribution is -2.37. The summed E-state index contributed by atoms with van der Waals surface area (Å²) in [7, 11) is 0. The zero-order valence-electron chi connectivity index (χ0n) is 14.9. The molecule has 3 aromatic heterocycles. The summed E-state index contributed by atoms with van der Waals surface area (Å²) in [5.74, 6) is 1.72. The molecule has 0 N–H and O–H groups in total. The second kappa shape index (κ2) is 7.03. The summed E-state index contributed by atoms with van der Waals surface area (Å²) in [6.07, 6.45) is 4.22. The summed E-state index contributed by atoms with van der Waals surface area (Å²) in [4.78, 5) is 24.0. The van der Waals surface area contributed by atoms with Gasteiger partial charge in [0.15, 0.2) is 10.8 Å². The van der Waals surface area contributed by atoms with Gasteiger partial charge in [0.2, 0.25) is 5.91 Å². The standard InChI is InChI=1S/C20H21N3O2S/c1-13-6-9-18(25-13)20-22-15(12-26-20)11-19(24)23(16-7-8-16)14(2)17-5-3-4-10-21-17/h3-6,9-10,12,14,16H,7-8,11H2,1-2H3. The van der Waals surface area contributed by atoms with E-state index in [2.05, 4.69) is 16.9 Å². The molecule has 4 rings (SSSR count). The van der Waals surface area contributed by atoms with E-state index in [-0.39, 0.29) is 11.9 Å². The third-order valence-electron chi connectivity index (χ3n) is 4.60. The first-order valence-electron chi connectivity index (χ1n) is 8.85. The fraction of sp³-hybridized carbons (Fsp3) is 0.350. The molecule has 0 spiro atoms. The van der Waals surface area contributed by atoms with Crippen molar-refractivity contribution < 1.29 is 9.21 Å². The molecule has 1 fully saturated rings. The molecule has 3 heterocycles. The topological polar surface area (TPSA) is 59.2 Å². The van der Waals surface area contributed by atoms with Gasteiger partial charge in [-0.3, -0.25) is 9.78 Å². The molecule has 1 aliphatic carbocycles. The molecule has 1 aliphatic rings. The summed E-state index contributed by atoms with van der Waals surface area (Å²) < 4.78 is 5.62. The summed E-state index contributed by atoms with van der Waals surface area (Å²) in [6, 6.07) is 9.98. The molecule has 26 heavy (non-hydrogen) atoms. The van der Waals surface area contributed by atoms with Gasteiger partial charge in [0.05, 0.1) is 23.9 Å². The summed E-state index contributed by atoms with van der Waals surface area (Å²) >= 11 is 1.51. The van der Waals surface area contributed by atoms with Crippen LogP contribution in [0.1, 0.15) is 43.0 Å². The molecule has 0 aromatic carbocycles. The highest BCUT2D eigenvalue weighted by molar-refractivity contribution is 7.13. The van der Waals surface area contributed by atoms with Crippen molar-refractivity contribution in [2.45, 2.75) is 45.2 Å². The van der Waals surface area contributed by atoms with Gasteiger partial charge in [-0.05, 0) is 51.0 Å². The zero-order chi connectivity index (χ0) is 18.1. The molecule has 0 radical (unpaired) electrons. The van der Waals surface area contributed by atoms with Crippen molar-refractivity contribution in [1.29, 1.82) is 0 Å². The highest BCUT2D eigenvalue weighted by atomic mass is 32.1.